The largest absolute Gasteiger partial charge is 0.344 e. The molecule has 0 saturated heterocycles. The van der Waals surface area contributed by atoms with Crippen LogP contribution >= 0.6 is 0 Å². The highest BCUT2D eigenvalue weighted by Crippen LogP contribution is 2.11. The molecule has 0 aliphatic heterocycles. The molecule has 0 aliphatic rings. The van der Waals surface area contributed by atoms with Gasteiger partial charge in [0.05, 0.1) is 4.90 Å². The van der Waals surface area contributed by atoms with Gasteiger partial charge in [-0.15, -0.1) is 0 Å². The van der Waals surface area contributed by atoms with Crippen molar-refractivity contribution in [1.29, 1.82) is 0 Å². The fourth-order valence-electron chi connectivity index (χ4n) is 0.760. The number of rotatable bonds is 2. The standard InChI is InChI=1S/C7H7BO3S/c1-6-2-4-7(5-3-6)12(9,10)11-8/h2-5H,1H3. The van der Waals surface area contributed by atoms with Crippen molar-refractivity contribution in [1.82, 2.24) is 0 Å². The van der Waals surface area contributed by atoms with Crippen LogP contribution in [0, 0.1) is 6.92 Å². The second-order valence-electron chi connectivity index (χ2n) is 2.36. The molecule has 1 rings (SSSR count). The maximum Gasteiger partial charge on any atom is 0.312 e. The van der Waals surface area contributed by atoms with Crippen molar-refractivity contribution in [3.63, 3.8) is 0 Å². The van der Waals surface area contributed by atoms with Crippen molar-refractivity contribution in [3.05, 3.63) is 29.8 Å². The monoisotopic (exact) mass is 182 g/mol. The van der Waals surface area contributed by atoms with Gasteiger partial charge in [-0.2, -0.15) is 8.42 Å². The molecule has 0 saturated carbocycles. The Morgan fingerprint density at radius 1 is 1.25 bits per heavy atom. The fourth-order valence-corrected chi connectivity index (χ4v) is 1.34. The molecule has 0 unspecified atom stereocenters. The lowest BCUT2D eigenvalue weighted by molar-refractivity contribution is 0.508. The molecule has 1 aromatic rings. The molecule has 12 heavy (non-hydrogen) atoms. The van der Waals surface area contributed by atoms with Gasteiger partial charge in [-0.1, -0.05) is 17.7 Å². The van der Waals surface area contributed by atoms with Crippen LogP contribution in [0.15, 0.2) is 29.2 Å². The van der Waals surface area contributed by atoms with Gasteiger partial charge in [0.1, 0.15) is 0 Å². The van der Waals surface area contributed by atoms with Gasteiger partial charge >= 0.3 is 8.05 Å². The topological polar surface area (TPSA) is 43.4 Å². The highest BCUT2D eigenvalue weighted by atomic mass is 32.2. The van der Waals surface area contributed by atoms with Gasteiger partial charge in [-0.05, 0) is 19.1 Å². The van der Waals surface area contributed by atoms with Gasteiger partial charge in [0, 0.05) is 0 Å². The van der Waals surface area contributed by atoms with Gasteiger partial charge in [-0.3, -0.25) is 0 Å². The molecule has 0 fully saturated rings. The highest BCUT2D eigenvalue weighted by molar-refractivity contribution is 7.87. The van der Waals surface area contributed by atoms with E-state index >= 15 is 0 Å². The predicted molar refractivity (Wildman–Crippen MR) is 45.2 cm³/mol. The van der Waals surface area contributed by atoms with Crippen molar-refractivity contribution in [2.24, 2.45) is 0 Å². The van der Waals surface area contributed by atoms with Gasteiger partial charge in [0.15, 0.2) is 0 Å². The van der Waals surface area contributed by atoms with E-state index in [-0.39, 0.29) is 4.90 Å². The van der Waals surface area contributed by atoms with Crippen LogP contribution in [-0.4, -0.2) is 16.5 Å². The van der Waals surface area contributed by atoms with Crippen molar-refractivity contribution in [2.75, 3.05) is 0 Å². The zero-order valence-electron chi connectivity index (χ0n) is 6.52. The van der Waals surface area contributed by atoms with Crippen LogP contribution in [0.2, 0.25) is 0 Å². The average molecular weight is 182 g/mol. The molecular weight excluding hydrogens is 175 g/mol. The third kappa shape index (κ3) is 1.87. The van der Waals surface area contributed by atoms with Crippen molar-refractivity contribution in [3.8, 4) is 0 Å². The molecule has 3 nitrogen and oxygen atoms in total. The molecule has 5 heteroatoms. The molecular formula is C7H7BO3S. The highest BCUT2D eigenvalue weighted by Gasteiger charge is 2.10. The molecule has 2 radical (unpaired) electrons. The molecule has 0 amide bonds. The van der Waals surface area contributed by atoms with Crippen LogP contribution in [-0.2, 0) is 14.2 Å². The fraction of sp³-hybridized carbons (Fsp3) is 0.143. The minimum atomic E-state index is -3.74. The van der Waals surface area contributed by atoms with E-state index in [0.717, 1.165) is 5.56 Å². The first kappa shape index (κ1) is 9.28. The molecule has 0 atom stereocenters. The molecule has 0 aromatic heterocycles. The number of benzene rings is 1. The van der Waals surface area contributed by atoms with Gasteiger partial charge < -0.3 is 4.10 Å². The van der Waals surface area contributed by atoms with Crippen LogP contribution < -0.4 is 0 Å². The summed E-state index contributed by atoms with van der Waals surface area (Å²) in [5, 5.41) is 0. The molecule has 0 bridgehead atoms. The minimum absolute atomic E-state index is 0.0654. The molecule has 0 N–H and O–H groups in total. The Labute approximate surface area is 72.9 Å². The van der Waals surface area contributed by atoms with E-state index in [1.807, 2.05) is 6.92 Å². The lowest BCUT2D eigenvalue weighted by atomic mass is 10.2. The predicted octanol–water partition coefficient (Wildman–Crippen LogP) is 0.784. The normalized spacial score (nSPS) is 11.4. The Morgan fingerprint density at radius 3 is 2.17 bits per heavy atom. The number of aryl methyl sites for hydroxylation is 1. The summed E-state index contributed by atoms with van der Waals surface area (Å²) in [5.41, 5.74) is 0.978. The summed E-state index contributed by atoms with van der Waals surface area (Å²) in [6.07, 6.45) is 0. The van der Waals surface area contributed by atoms with E-state index in [1.54, 1.807) is 12.1 Å². The van der Waals surface area contributed by atoms with Gasteiger partial charge in [-0.25, -0.2) is 0 Å². The lowest BCUT2D eigenvalue weighted by Gasteiger charge is -2.00. The molecule has 1 aromatic carbocycles. The quantitative estimate of drug-likeness (QED) is 0.634. The number of hydrogen-bond acceptors (Lipinski definition) is 3. The van der Waals surface area contributed by atoms with Crippen LogP contribution in [0.1, 0.15) is 5.56 Å². The molecule has 0 aliphatic carbocycles. The molecule has 62 valence electrons. The van der Waals surface area contributed by atoms with E-state index in [9.17, 15) is 8.42 Å². The Balaban J connectivity index is 3.14. The third-order valence-electron chi connectivity index (χ3n) is 1.44. The first-order valence-electron chi connectivity index (χ1n) is 3.26. The van der Waals surface area contributed by atoms with Crippen LogP contribution in [0.4, 0.5) is 0 Å². The summed E-state index contributed by atoms with van der Waals surface area (Å²) in [6.45, 7) is 1.86. The second kappa shape index (κ2) is 3.29. The summed E-state index contributed by atoms with van der Waals surface area (Å²) in [5.74, 6) is 0. The maximum absolute atomic E-state index is 11.0. The summed E-state index contributed by atoms with van der Waals surface area (Å²) >= 11 is 0. The smallest absolute Gasteiger partial charge is 0.312 e. The van der Waals surface area contributed by atoms with Crippen molar-refractivity contribution < 1.29 is 12.5 Å². The summed E-state index contributed by atoms with van der Waals surface area (Å²) in [4.78, 5) is 0.0654. The van der Waals surface area contributed by atoms with E-state index in [4.69, 9.17) is 0 Å². The Bertz CT molecular complexity index is 355. The Hall–Kier alpha value is -0.805. The first-order valence-corrected chi connectivity index (χ1v) is 4.67. The van der Waals surface area contributed by atoms with E-state index < -0.39 is 10.1 Å². The van der Waals surface area contributed by atoms with E-state index in [1.165, 1.54) is 12.1 Å². The van der Waals surface area contributed by atoms with Crippen molar-refractivity contribution >= 4 is 18.2 Å². The van der Waals surface area contributed by atoms with Crippen LogP contribution in [0.3, 0.4) is 0 Å². The minimum Gasteiger partial charge on any atom is -0.344 e. The zero-order valence-corrected chi connectivity index (χ0v) is 7.34. The average Bonchev–Trinajstić information content (AvgIpc) is 2.05. The second-order valence-corrected chi connectivity index (χ2v) is 3.94. The van der Waals surface area contributed by atoms with Gasteiger partial charge in [0.2, 0.25) is 0 Å². The van der Waals surface area contributed by atoms with Crippen LogP contribution in [0.5, 0.6) is 0 Å². The molecule has 0 spiro atoms. The SMILES string of the molecule is [B]OS(=O)(=O)c1ccc(C)cc1. The van der Waals surface area contributed by atoms with E-state index in [0.29, 0.717) is 0 Å². The van der Waals surface area contributed by atoms with Gasteiger partial charge in [0.25, 0.3) is 10.1 Å². The van der Waals surface area contributed by atoms with Crippen molar-refractivity contribution in [2.45, 2.75) is 11.8 Å². The Kier molecular flexibility index (Phi) is 2.54. The molecule has 0 heterocycles. The van der Waals surface area contributed by atoms with Crippen LogP contribution in [0.25, 0.3) is 0 Å². The summed E-state index contributed by atoms with van der Waals surface area (Å²) in [7, 11) is 0.851. The third-order valence-corrected chi connectivity index (χ3v) is 2.54. The lowest BCUT2D eigenvalue weighted by Crippen LogP contribution is -2.03. The zero-order chi connectivity index (χ0) is 9.19. The number of hydrogen-bond donors (Lipinski definition) is 0. The summed E-state index contributed by atoms with van der Waals surface area (Å²) < 4.78 is 25.8. The van der Waals surface area contributed by atoms with E-state index in [2.05, 4.69) is 12.1 Å². The first-order chi connectivity index (χ1) is 5.56. The Morgan fingerprint density at radius 2 is 1.75 bits per heavy atom. The maximum atomic E-state index is 11.0. The summed E-state index contributed by atoms with van der Waals surface area (Å²) in [6, 6.07) is 6.23.